The number of carbonyl (C=O) groups is 1. The number of ether oxygens (including phenoxy) is 1. The van der Waals surface area contributed by atoms with Crippen LogP contribution in [0.5, 0.6) is 0 Å². The number of carbonyl (C=O) groups excluding carboxylic acids is 1. The van der Waals surface area contributed by atoms with E-state index in [2.05, 4.69) is 4.74 Å². The maximum Gasteiger partial charge on any atom is 0.322 e. The topological polar surface area (TPSA) is 52.3 Å². The van der Waals surface area contributed by atoms with Gasteiger partial charge in [-0.25, -0.2) is 0 Å². The smallest absolute Gasteiger partial charge is 0.322 e. The summed E-state index contributed by atoms with van der Waals surface area (Å²) in [6.07, 6.45) is 0.533. The van der Waals surface area contributed by atoms with Crippen LogP contribution in [0.2, 0.25) is 0 Å². The SMILES string of the molecule is COC(=O)[C@H](N)Cc1c(C)cccc1C. The Morgan fingerprint density at radius 3 is 2.40 bits per heavy atom. The van der Waals surface area contributed by atoms with Crippen LogP contribution in [0.3, 0.4) is 0 Å². The molecule has 0 unspecified atom stereocenters. The van der Waals surface area contributed by atoms with Gasteiger partial charge in [-0.2, -0.15) is 0 Å². The lowest BCUT2D eigenvalue weighted by atomic mass is 9.97. The van der Waals surface area contributed by atoms with E-state index in [1.165, 1.54) is 7.11 Å². The molecule has 0 bridgehead atoms. The molecule has 1 atom stereocenters. The first-order valence-corrected chi connectivity index (χ1v) is 4.94. The molecule has 0 radical (unpaired) electrons. The molecule has 1 aromatic rings. The first-order valence-electron chi connectivity index (χ1n) is 4.94. The third-order valence-corrected chi connectivity index (χ3v) is 2.57. The fourth-order valence-electron chi connectivity index (χ4n) is 1.63. The highest BCUT2D eigenvalue weighted by Crippen LogP contribution is 2.15. The molecule has 0 heterocycles. The standard InChI is InChI=1S/C12H17NO2/c1-8-5-4-6-9(2)10(8)7-11(13)12(14)15-3/h4-6,11H,7,13H2,1-3H3/t11-/m1/s1. The predicted octanol–water partition coefficient (Wildman–Crippen LogP) is 1.35. The van der Waals surface area contributed by atoms with Gasteiger partial charge in [-0.1, -0.05) is 18.2 Å². The van der Waals surface area contributed by atoms with E-state index in [-0.39, 0.29) is 5.97 Å². The van der Waals surface area contributed by atoms with Gasteiger partial charge in [0.15, 0.2) is 0 Å². The number of esters is 1. The van der Waals surface area contributed by atoms with Gasteiger partial charge in [0.25, 0.3) is 0 Å². The number of rotatable bonds is 3. The maximum absolute atomic E-state index is 11.2. The van der Waals surface area contributed by atoms with Gasteiger partial charge in [-0.3, -0.25) is 4.79 Å². The van der Waals surface area contributed by atoms with Gasteiger partial charge >= 0.3 is 5.97 Å². The van der Waals surface area contributed by atoms with Crippen molar-refractivity contribution in [2.45, 2.75) is 26.3 Å². The molecule has 0 saturated heterocycles. The van der Waals surface area contributed by atoms with E-state index < -0.39 is 6.04 Å². The van der Waals surface area contributed by atoms with Crippen LogP contribution in [-0.2, 0) is 16.0 Å². The van der Waals surface area contributed by atoms with Gasteiger partial charge < -0.3 is 10.5 Å². The van der Waals surface area contributed by atoms with Crippen LogP contribution in [0.15, 0.2) is 18.2 Å². The zero-order valence-corrected chi connectivity index (χ0v) is 9.41. The van der Waals surface area contributed by atoms with Gasteiger partial charge in [0.2, 0.25) is 0 Å². The quantitative estimate of drug-likeness (QED) is 0.761. The second-order valence-corrected chi connectivity index (χ2v) is 3.70. The van der Waals surface area contributed by atoms with Gasteiger partial charge in [0.05, 0.1) is 7.11 Å². The van der Waals surface area contributed by atoms with Gasteiger partial charge in [0.1, 0.15) is 6.04 Å². The Labute approximate surface area is 90.2 Å². The molecule has 82 valence electrons. The molecule has 3 heteroatoms. The molecule has 0 saturated carbocycles. The van der Waals surface area contributed by atoms with Crippen molar-refractivity contribution in [1.29, 1.82) is 0 Å². The third kappa shape index (κ3) is 2.80. The van der Waals surface area contributed by atoms with Crippen molar-refractivity contribution in [2.24, 2.45) is 5.73 Å². The van der Waals surface area contributed by atoms with E-state index in [0.29, 0.717) is 6.42 Å². The van der Waals surface area contributed by atoms with Crippen LogP contribution in [0.4, 0.5) is 0 Å². The second kappa shape index (κ2) is 4.94. The van der Waals surface area contributed by atoms with Crippen molar-refractivity contribution < 1.29 is 9.53 Å². The first kappa shape index (κ1) is 11.7. The van der Waals surface area contributed by atoms with E-state index in [1.54, 1.807) is 0 Å². The van der Waals surface area contributed by atoms with E-state index in [0.717, 1.165) is 16.7 Å². The molecule has 0 aliphatic carbocycles. The van der Waals surface area contributed by atoms with Gasteiger partial charge in [-0.05, 0) is 37.0 Å². The largest absolute Gasteiger partial charge is 0.468 e. The Balaban J connectivity index is 2.85. The Hall–Kier alpha value is -1.35. The van der Waals surface area contributed by atoms with Crippen LogP contribution >= 0.6 is 0 Å². The highest BCUT2D eigenvalue weighted by molar-refractivity contribution is 5.75. The molecule has 0 aliphatic rings. The minimum absolute atomic E-state index is 0.363. The number of aryl methyl sites for hydroxylation is 2. The lowest BCUT2D eigenvalue weighted by Gasteiger charge is -2.13. The van der Waals surface area contributed by atoms with Gasteiger partial charge in [0, 0.05) is 0 Å². The number of hydrogen-bond donors (Lipinski definition) is 1. The van der Waals surface area contributed by atoms with E-state index >= 15 is 0 Å². The summed E-state index contributed by atoms with van der Waals surface area (Å²) in [5.74, 6) is -0.363. The van der Waals surface area contributed by atoms with Gasteiger partial charge in [-0.15, -0.1) is 0 Å². The molecule has 3 nitrogen and oxygen atoms in total. The molecule has 0 aromatic heterocycles. The highest BCUT2D eigenvalue weighted by atomic mass is 16.5. The van der Waals surface area contributed by atoms with Crippen molar-refractivity contribution in [3.8, 4) is 0 Å². The fraction of sp³-hybridized carbons (Fsp3) is 0.417. The normalized spacial score (nSPS) is 12.3. The van der Waals surface area contributed by atoms with Crippen LogP contribution in [0, 0.1) is 13.8 Å². The summed E-state index contributed by atoms with van der Waals surface area (Å²) in [5.41, 5.74) is 9.18. The average Bonchev–Trinajstić information content (AvgIpc) is 2.22. The average molecular weight is 207 g/mol. The molecule has 0 fully saturated rings. The van der Waals surface area contributed by atoms with Crippen molar-refractivity contribution in [3.05, 3.63) is 34.9 Å². The molecular formula is C12H17NO2. The Kier molecular flexibility index (Phi) is 3.86. The monoisotopic (exact) mass is 207 g/mol. The minimum atomic E-state index is -0.574. The number of nitrogens with two attached hydrogens (primary N) is 1. The molecule has 15 heavy (non-hydrogen) atoms. The molecular weight excluding hydrogens is 190 g/mol. The highest BCUT2D eigenvalue weighted by Gasteiger charge is 2.16. The molecule has 2 N–H and O–H groups in total. The minimum Gasteiger partial charge on any atom is -0.468 e. The molecule has 0 amide bonds. The molecule has 0 spiro atoms. The third-order valence-electron chi connectivity index (χ3n) is 2.57. The summed E-state index contributed by atoms with van der Waals surface area (Å²) >= 11 is 0. The zero-order valence-electron chi connectivity index (χ0n) is 9.41. The lowest BCUT2D eigenvalue weighted by Crippen LogP contribution is -2.34. The molecule has 0 aliphatic heterocycles. The summed E-state index contributed by atoms with van der Waals surface area (Å²) in [6.45, 7) is 4.04. The molecule has 1 rings (SSSR count). The van der Waals surface area contributed by atoms with E-state index in [9.17, 15) is 4.79 Å². The fourth-order valence-corrected chi connectivity index (χ4v) is 1.63. The Bertz CT molecular complexity index is 340. The van der Waals surface area contributed by atoms with Crippen molar-refractivity contribution >= 4 is 5.97 Å². The molecule has 1 aromatic carbocycles. The summed E-state index contributed by atoms with van der Waals surface area (Å²) in [5, 5.41) is 0. The van der Waals surface area contributed by atoms with Crippen LogP contribution in [0.1, 0.15) is 16.7 Å². The predicted molar refractivity (Wildman–Crippen MR) is 59.6 cm³/mol. The number of methoxy groups -OCH3 is 1. The Morgan fingerprint density at radius 2 is 1.93 bits per heavy atom. The van der Waals surface area contributed by atoms with Crippen molar-refractivity contribution in [1.82, 2.24) is 0 Å². The number of hydrogen-bond acceptors (Lipinski definition) is 3. The van der Waals surface area contributed by atoms with E-state index in [1.807, 2.05) is 32.0 Å². The van der Waals surface area contributed by atoms with E-state index in [4.69, 9.17) is 5.73 Å². The Morgan fingerprint density at radius 1 is 1.40 bits per heavy atom. The lowest BCUT2D eigenvalue weighted by molar-refractivity contribution is -0.142. The maximum atomic E-state index is 11.2. The number of benzene rings is 1. The second-order valence-electron chi connectivity index (χ2n) is 3.70. The zero-order chi connectivity index (χ0) is 11.4. The van der Waals surface area contributed by atoms with Crippen LogP contribution in [0.25, 0.3) is 0 Å². The summed E-state index contributed by atoms with van der Waals surface area (Å²) in [6, 6.07) is 5.46. The first-order chi connectivity index (χ1) is 7.06. The van der Waals surface area contributed by atoms with Crippen molar-refractivity contribution in [3.63, 3.8) is 0 Å². The van der Waals surface area contributed by atoms with Crippen LogP contribution in [-0.4, -0.2) is 19.1 Å². The van der Waals surface area contributed by atoms with Crippen LogP contribution < -0.4 is 5.73 Å². The summed E-state index contributed by atoms with van der Waals surface area (Å²) in [7, 11) is 1.35. The summed E-state index contributed by atoms with van der Waals surface area (Å²) in [4.78, 5) is 11.2. The van der Waals surface area contributed by atoms with Crippen molar-refractivity contribution in [2.75, 3.05) is 7.11 Å². The summed E-state index contributed by atoms with van der Waals surface area (Å²) < 4.78 is 4.60.